The Balaban J connectivity index is 2.02. The van der Waals surface area contributed by atoms with Gasteiger partial charge < -0.3 is 5.11 Å². The zero-order valence-electron chi connectivity index (χ0n) is 8.79. The second kappa shape index (κ2) is 2.94. The Hall–Kier alpha value is -0.710. The van der Waals surface area contributed by atoms with Crippen LogP contribution in [0.1, 0.15) is 32.1 Å². The second-order valence-electron chi connectivity index (χ2n) is 5.80. The highest BCUT2D eigenvalue weighted by Gasteiger charge is 2.67. The molecule has 0 amide bonds. The van der Waals surface area contributed by atoms with Crippen molar-refractivity contribution in [2.75, 3.05) is 0 Å². The third kappa shape index (κ3) is 1.12. The van der Waals surface area contributed by atoms with Crippen LogP contribution in [-0.4, -0.2) is 22.8 Å². The van der Waals surface area contributed by atoms with Gasteiger partial charge in [-0.05, 0) is 43.9 Å². The number of aliphatic hydroxyl groups is 1. The monoisotopic (exact) mass is 232 g/mol. The van der Waals surface area contributed by atoms with E-state index in [4.69, 9.17) is 0 Å². The lowest BCUT2D eigenvalue weighted by atomic mass is 9.47. The molecular formula is C11H14F2O3. The van der Waals surface area contributed by atoms with Gasteiger partial charge in [-0.3, -0.25) is 4.94 Å². The fraction of sp³-hybridized carbons (Fsp3) is 0.909. The molecule has 0 aliphatic heterocycles. The average Bonchev–Trinajstić information content (AvgIpc) is 2.22. The van der Waals surface area contributed by atoms with Gasteiger partial charge in [-0.1, -0.05) is 0 Å². The molecule has 3 nitrogen and oxygen atoms in total. The van der Waals surface area contributed by atoms with Crippen molar-refractivity contribution in [1.29, 1.82) is 0 Å². The van der Waals surface area contributed by atoms with E-state index in [0.29, 0.717) is 25.7 Å². The highest BCUT2D eigenvalue weighted by molar-refractivity contribution is 5.78. The Morgan fingerprint density at radius 2 is 2.12 bits per heavy atom. The standard InChI is InChI=1S/C11H14F2O3/c12-8-7-1-6-2-10(15,4-7)5-11(8,3-6)9(14)16-13/h6-8,15H,1-5H2. The molecule has 0 spiro atoms. The van der Waals surface area contributed by atoms with E-state index in [1.54, 1.807) is 0 Å². The minimum absolute atomic E-state index is 0.0108. The third-order valence-corrected chi connectivity index (χ3v) is 4.66. The van der Waals surface area contributed by atoms with Crippen LogP contribution in [0.2, 0.25) is 0 Å². The van der Waals surface area contributed by atoms with E-state index in [-0.39, 0.29) is 18.3 Å². The van der Waals surface area contributed by atoms with Crippen molar-refractivity contribution in [2.24, 2.45) is 17.3 Å². The molecule has 5 unspecified atom stereocenters. The molecule has 5 heteroatoms. The van der Waals surface area contributed by atoms with E-state index in [1.165, 1.54) is 0 Å². The summed E-state index contributed by atoms with van der Waals surface area (Å²) in [7, 11) is 0. The van der Waals surface area contributed by atoms with E-state index in [9.17, 15) is 18.8 Å². The third-order valence-electron chi connectivity index (χ3n) is 4.66. The first-order chi connectivity index (χ1) is 7.49. The van der Waals surface area contributed by atoms with Crippen molar-refractivity contribution in [3.63, 3.8) is 0 Å². The minimum atomic E-state index is -1.42. The van der Waals surface area contributed by atoms with Crippen LogP contribution in [0.3, 0.4) is 0 Å². The number of halogens is 2. The summed E-state index contributed by atoms with van der Waals surface area (Å²) in [5.41, 5.74) is -2.41. The van der Waals surface area contributed by atoms with Gasteiger partial charge in [-0.15, -0.1) is 0 Å². The van der Waals surface area contributed by atoms with Gasteiger partial charge in [0.1, 0.15) is 11.6 Å². The highest BCUT2D eigenvalue weighted by Crippen LogP contribution is 2.62. The summed E-state index contributed by atoms with van der Waals surface area (Å²) in [4.78, 5) is 14.7. The van der Waals surface area contributed by atoms with E-state index < -0.39 is 23.2 Å². The molecule has 1 N–H and O–H groups in total. The van der Waals surface area contributed by atoms with Gasteiger partial charge in [0, 0.05) is 4.53 Å². The second-order valence-corrected chi connectivity index (χ2v) is 5.80. The molecule has 16 heavy (non-hydrogen) atoms. The Kier molecular flexibility index (Phi) is 1.92. The lowest BCUT2D eigenvalue weighted by Gasteiger charge is -2.59. The number of rotatable bonds is 1. The number of hydrogen-bond acceptors (Lipinski definition) is 3. The predicted molar refractivity (Wildman–Crippen MR) is 49.5 cm³/mol. The first kappa shape index (κ1) is 10.4. The minimum Gasteiger partial charge on any atom is -0.390 e. The van der Waals surface area contributed by atoms with Gasteiger partial charge in [0.2, 0.25) is 0 Å². The van der Waals surface area contributed by atoms with E-state index in [2.05, 4.69) is 4.94 Å². The fourth-order valence-corrected chi connectivity index (χ4v) is 4.41. The molecule has 4 saturated carbocycles. The van der Waals surface area contributed by atoms with Gasteiger partial charge in [0.25, 0.3) is 0 Å². The zero-order valence-corrected chi connectivity index (χ0v) is 8.79. The van der Waals surface area contributed by atoms with Crippen LogP contribution in [0.15, 0.2) is 0 Å². The molecule has 4 rings (SSSR count). The SMILES string of the molecule is O=C(OF)C12CC3CC(CC(O)(C3)C1)C2F. The summed E-state index contributed by atoms with van der Waals surface area (Å²) in [6.45, 7) is 0. The number of carbonyl (C=O) groups excluding carboxylic acids is 1. The molecule has 0 radical (unpaired) electrons. The molecule has 4 aliphatic rings. The van der Waals surface area contributed by atoms with Crippen LogP contribution in [0, 0.1) is 17.3 Å². The Morgan fingerprint density at radius 3 is 2.75 bits per heavy atom. The van der Waals surface area contributed by atoms with Crippen molar-refractivity contribution >= 4 is 5.97 Å². The summed E-state index contributed by atoms with van der Waals surface area (Å²) in [6, 6.07) is 0. The molecular weight excluding hydrogens is 218 g/mol. The number of carbonyl (C=O) groups is 1. The Morgan fingerprint density at radius 1 is 1.38 bits per heavy atom. The van der Waals surface area contributed by atoms with Crippen molar-refractivity contribution in [3.05, 3.63) is 0 Å². The molecule has 0 heterocycles. The summed E-state index contributed by atoms with van der Waals surface area (Å²) >= 11 is 0. The molecule has 0 aromatic carbocycles. The van der Waals surface area contributed by atoms with E-state index >= 15 is 0 Å². The van der Waals surface area contributed by atoms with Crippen LogP contribution < -0.4 is 0 Å². The van der Waals surface area contributed by atoms with Crippen molar-refractivity contribution < 1.29 is 23.8 Å². The molecule has 4 fully saturated rings. The average molecular weight is 232 g/mol. The summed E-state index contributed by atoms with van der Waals surface area (Å²) in [6.07, 6.45) is 0.661. The molecule has 4 bridgehead atoms. The van der Waals surface area contributed by atoms with Crippen LogP contribution in [0.25, 0.3) is 0 Å². The molecule has 0 aromatic rings. The Labute approximate surface area is 91.7 Å². The van der Waals surface area contributed by atoms with E-state index in [0.717, 1.165) is 0 Å². The smallest absolute Gasteiger partial charge is 0.357 e. The van der Waals surface area contributed by atoms with Crippen LogP contribution in [-0.2, 0) is 9.74 Å². The van der Waals surface area contributed by atoms with Gasteiger partial charge in [-0.25, -0.2) is 9.18 Å². The molecule has 90 valence electrons. The van der Waals surface area contributed by atoms with Crippen molar-refractivity contribution in [3.8, 4) is 0 Å². The van der Waals surface area contributed by atoms with Crippen LogP contribution in [0.5, 0.6) is 0 Å². The lowest BCUT2D eigenvalue weighted by Crippen LogP contribution is -2.64. The van der Waals surface area contributed by atoms with Gasteiger partial charge in [0.05, 0.1) is 5.60 Å². The molecule has 4 aliphatic carbocycles. The first-order valence-electron chi connectivity index (χ1n) is 5.69. The maximum absolute atomic E-state index is 14.2. The van der Waals surface area contributed by atoms with Gasteiger partial charge >= 0.3 is 5.97 Å². The molecule has 5 atom stereocenters. The summed E-state index contributed by atoms with van der Waals surface area (Å²) < 4.78 is 26.3. The summed E-state index contributed by atoms with van der Waals surface area (Å²) in [5.74, 6) is -1.32. The zero-order chi connectivity index (χ0) is 11.6. The highest BCUT2D eigenvalue weighted by atomic mass is 19.3. The predicted octanol–water partition coefficient (Wildman–Crippen LogP) is 1.69. The normalized spacial score (nSPS) is 54.1. The Bertz CT molecular complexity index is 348. The van der Waals surface area contributed by atoms with Gasteiger partial charge in [-0.2, -0.15) is 0 Å². The van der Waals surface area contributed by atoms with Crippen LogP contribution >= 0.6 is 0 Å². The van der Waals surface area contributed by atoms with Gasteiger partial charge in [0.15, 0.2) is 0 Å². The van der Waals surface area contributed by atoms with E-state index in [1.807, 2.05) is 0 Å². The molecule has 0 aromatic heterocycles. The van der Waals surface area contributed by atoms with Crippen molar-refractivity contribution in [2.45, 2.75) is 43.9 Å². The fourth-order valence-electron chi connectivity index (χ4n) is 4.41. The summed E-state index contributed by atoms with van der Waals surface area (Å²) in [5, 5.41) is 10.2. The lowest BCUT2D eigenvalue weighted by molar-refractivity contribution is -0.241. The number of hydrogen-bond donors (Lipinski definition) is 1. The molecule has 0 saturated heterocycles. The van der Waals surface area contributed by atoms with Crippen LogP contribution in [0.4, 0.5) is 8.92 Å². The van der Waals surface area contributed by atoms with Crippen molar-refractivity contribution in [1.82, 2.24) is 0 Å². The quantitative estimate of drug-likeness (QED) is 0.748. The maximum atomic E-state index is 14.2. The topological polar surface area (TPSA) is 46.5 Å². The first-order valence-corrected chi connectivity index (χ1v) is 5.69. The number of alkyl halides is 1. The maximum Gasteiger partial charge on any atom is 0.357 e. The largest absolute Gasteiger partial charge is 0.390 e.